The van der Waals surface area contributed by atoms with Gasteiger partial charge in [-0.3, -0.25) is 0 Å². The van der Waals surface area contributed by atoms with Crippen LogP contribution in [0.5, 0.6) is 0 Å². The van der Waals surface area contributed by atoms with Crippen LogP contribution in [0.3, 0.4) is 0 Å². The lowest BCUT2D eigenvalue weighted by atomic mass is 10.00. The standard InChI is InChI=1S/C15H14O2/c1-2-5-11(10-8-9-10)14-12-6-3-4-7-13(12)15(16)17-14/h2-4,6-7,10H,1,5,8-9H2/b14-11-. The summed E-state index contributed by atoms with van der Waals surface area (Å²) in [6.45, 7) is 3.78. The molecular formula is C15H14O2. The van der Waals surface area contributed by atoms with Crippen molar-refractivity contribution in [2.24, 2.45) is 5.92 Å². The van der Waals surface area contributed by atoms with Crippen LogP contribution in [0.25, 0.3) is 5.76 Å². The molecule has 3 rings (SSSR count). The Morgan fingerprint density at radius 2 is 2.06 bits per heavy atom. The molecule has 0 unspecified atom stereocenters. The highest BCUT2D eigenvalue weighted by Gasteiger charge is 2.34. The van der Waals surface area contributed by atoms with E-state index in [2.05, 4.69) is 6.58 Å². The van der Waals surface area contributed by atoms with Gasteiger partial charge >= 0.3 is 5.97 Å². The maximum atomic E-state index is 11.7. The van der Waals surface area contributed by atoms with Crippen LogP contribution in [0, 0.1) is 5.92 Å². The van der Waals surface area contributed by atoms with Crippen molar-refractivity contribution >= 4 is 11.7 Å². The molecule has 1 aliphatic carbocycles. The van der Waals surface area contributed by atoms with Crippen LogP contribution in [0.4, 0.5) is 0 Å². The third kappa shape index (κ3) is 1.70. The Balaban J connectivity index is 2.12. The number of cyclic esters (lactones) is 1. The quantitative estimate of drug-likeness (QED) is 0.582. The van der Waals surface area contributed by atoms with Crippen molar-refractivity contribution in [3.63, 3.8) is 0 Å². The smallest absolute Gasteiger partial charge is 0.344 e. The number of ether oxygens (including phenoxy) is 1. The zero-order valence-corrected chi connectivity index (χ0v) is 9.61. The van der Waals surface area contributed by atoms with Crippen molar-refractivity contribution < 1.29 is 9.53 Å². The maximum Gasteiger partial charge on any atom is 0.344 e. The van der Waals surface area contributed by atoms with Crippen molar-refractivity contribution in [2.75, 3.05) is 0 Å². The second-order valence-electron chi connectivity index (χ2n) is 4.56. The van der Waals surface area contributed by atoms with Gasteiger partial charge in [0.2, 0.25) is 0 Å². The van der Waals surface area contributed by atoms with Crippen LogP contribution in [-0.4, -0.2) is 5.97 Å². The van der Waals surface area contributed by atoms with E-state index in [9.17, 15) is 4.79 Å². The summed E-state index contributed by atoms with van der Waals surface area (Å²) in [4.78, 5) is 11.7. The van der Waals surface area contributed by atoms with Gasteiger partial charge in [-0.25, -0.2) is 4.79 Å². The Morgan fingerprint density at radius 3 is 2.71 bits per heavy atom. The molecule has 2 aliphatic rings. The third-order valence-corrected chi connectivity index (χ3v) is 3.31. The number of hydrogen-bond donors (Lipinski definition) is 0. The van der Waals surface area contributed by atoms with E-state index in [1.54, 1.807) is 0 Å². The number of esters is 1. The van der Waals surface area contributed by atoms with Crippen LogP contribution in [0.15, 0.2) is 42.5 Å². The topological polar surface area (TPSA) is 26.3 Å². The summed E-state index contributed by atoms with van der Waals surface area (Å²) in [5.41, 5.74) is 2.87. The predicted molar refractivity (Wildman–Crippen MR) is 66.3 cm³/mol. The van der Waals surface area contributed by atoms with Gasteiger partial charge in [0, 0.05) is 5.56 Å². The molecule has 1 aromatic rings. The molecule has 86 valence electrons. The van der Waals surface area contributed by atoms with E-state index in [-0.39, 0.29) is 5.97 Å². The molecule has 2 nitrogen and oxygen atoms in total. The van der Waals surface area contributed by atoms with Gasteiger partial charge in [-0.2, -0.15) is 0 Å². The summed E-state index contributed by atoms with van der Waals surface area (Å²) >= 11 is 0. The minimum Gasteiger partial charge on any atom is -0.422 e. The molecule has 1 aliphatic heterocycles. The Morgan fingerprint density at radius 1 is 1.35 bits per heavy atom. The number of carbonyl (C=O) groups is 1. The molecule has 0 spiro atoms. The van der Waals surface area contributed by atoms with Crippen molar-refractivity contribution in [1.29, 1.82) is 0 Å². The molecule has 0 N–H and O–H groups in total. The van der Waals surface area contributed by atoms with Gasteiger partial charge < -0.3 is 4.74 Å². The highest BCUT2D eigenvalue weighted by Crippen LogP contribution is 2.44. The Kier molecular flexibility index (Phi) is 2.36. The summed E-state index contributed by atoms with van der Waals surface area (Å²) in [5, 5.41) is 0. The normalized spacial score (nSPS) is 20.8. The molecule has 0 aromatic heterocycles. The number of carbonyl (C=O) groups excluding carboxylic acids is 1. The zero-order valence-electron chi connectivity index (χ0n) is 9.61. The van der Waals surface area contributed by atoms with Crippen LogP contribution >= 0.6 is 0 Å². The molecule has 17 heavy (non-hydrogen) atoms. The van der Waals surface area contributed by atoms with Crippen molar-refractivity contribution in [3.05, 3.63) is 53.6 Å². The molecule has 2 heteroatoms. The fourth-order valence-electron chi connectivity index (χ4n) is 2.33. The molecular weight excluding hydrogens is 212 g/mol. The molecule has 1 aromatic carbocycles. The third-order valence-electron chi connectivity index (χ3n) is 3.31. The first-order valence-corrected chi connectivity index (χ1v) is 5.96. The predicted octanol–water partition coefficient (Wildman–Crippen LogP) is 3.55. The van der Waals surface area contributed by atoms with Gasteiger partial charge in [0.25, 0.3) is 0 Å². The lowest BCUT2D eigenvalue weighted by Crippen LogP contribution is -1.95. The summed E-state index contributed by atoms with van der Waals surface area (Å²) in [6.07, 6.45) is 5.09. The fraction of sp³-hybridized carbons (Fsp3) is 0.267. The van der Waals surface area contributed by atoms with Crippen LogP contribution in [0.2, 0.25) is 0 Å². The van der Waals surface area contributed by atoms with Gasteiger partial charge in [0.05, 0.1) is 5.56 Å². The van der Waals surface area contributed by atoms with Gasteiger partial charge in [-0.05, 0) is 36.8 Å². The number of hydrogen-bond acceptors (Lipinski definition) is 2. The molecule has 1 saturated carbocycles. The maximum absolute atomic E-state index is 11.7. The molecule has 0 saturated heterocycles. The Hall–Kier alpha value is -1.83. The lowest BCUT2D eigenvalue weighted by molar-refractivity contribution is 0.0713. The van der Waals surface area contributed by atoms with Gasteiger partial charge in [0.1, 0.15) is 5.76 Å². The summed E-state index contributed by atoms with van der Waals surface area (Å²) in [5.74, 6) is 1.15. The average molecular weight is 226 g/mol. The lowest BCUT2D eigenvalue weighted by Gasteiger charge is -2.07. The molecule has 1 heterocycles. The average Bonchev–Trinajstić information content (AvgIpc) is 3.13. The van der Waals surface area contributed by atoms with E-state index in [4.69, 9.17) is 4.74 Å². The number of rotatable bonds is 3. The van der Waals surface area contributed by atoms with Gasteiger partial charge in [-0.15, -0.1) is 6.58 Å². The van der Waals surface area contributed by atoms with E-state index >= 15 is 0 Å². The van der Waals surface area contributed by atoms with Crippen LogP contribution < -0.4 is 0 Å². The zero-order chi connectivity index (χ0) is 11.8. The highest BCUT2D eigenvalue weighted by molar-refractivity contribution is 6.03. The van der Waals surface area contributed by atoms with Crippen molar-refractivity contribution in [2.45, 2.75) is 19.3 Å². The number of fused-ring (bicyclic) bond motifs is 1. The summed E-state index contributed by atoms with van der Waals surface area (Å²) in [7, 11) is 0. The van der Waals surface area contributed by atoms with E-state index in [0.717, 1.165) is 17.7 Å². The largest absolute Gasteiger partial charge is 0.422 e. The minimum absolute atomic E-state index is 0.224. The molecule has 0 radical (unpaired) electrons. The molecule has 1 fully saturated rings. The highest BCUT2D eigenvalue weighted by atomic mass is 16.5. The van der Waals surface area contributed by atoms with E-state index < -0.39 is 0 Å². The SMILES string of the molecule is C=CC/C(=C1/OC(=O)c2ccccc21)C1CC1. The molecule has 0 amide bonds. The summed E-state index contributed by atoms with van der Waals surface area (Å²) < 4.78 is 5.44. The minimum atomic E-state index is -0.224. The number of allylic oxidation sites excluding steroid dienone is 2. The van der Waals surface area contributed by atoms with Gasteiger partial charge in [0.15, 0.2) is 0 Å². The first kappa shape index (κ1) is 10.3. The van der Waals surface area contributed by atoms with Crippen molar-refractivity contribution in [1.82, 2.24) is 0 Å². The second-order valence-corrected chi connectivity index (χ2v) is 4.56. The van der Waals surface area contributed by atoms with E-state index in [1.807, 2.05) is 30.3 Å². The first-order valence-electron chi connectivity index (χ1n) is 5.96. The van der Waals surface area contributed by atoms with E-state index in [0.29, 0.717) is 11.5 Å². The monoisotopic (exact) mass is 226 g/mol. The second kappa shape index (κ2) is 3.88. The van der Waals surface area contributed by atoms with Crippen LogP contribution in [-0.2, 0) is 4.74 Å². The van der Waals surface area contributed by atoms with Crippen molar-refractivity contribution in [3.8, 4) is 0 Å². The van der Waals surface area contributed by atoms with Crippen LogP contribution in [0.1, 0.15) is 35.2 Å². The Labute approximate surface area is 101 Å². The fourth-order valence-corrected chi connectivity index (χ4v) is 2.33. The van der Waals surface area contributed by atoms with Gasteiger partial charge in [-0.1, -0.05) is 24.3 Å². The number of benzene rings is 1. The first-order chi connectivity index (χ1) is 8.31. The summed E-state index contributed by atoms with van der Waals surface area (Å²) in [6, 6.07) is 7.59. The molecule has 0 atom stereocenters. The molecule has 0 bridgehead atoms. The Bertz CT molecular complexity index is 521. The van der Waals surface area contributed by atoms with E-state index in [1.165, 1.54) is 18.4 Å².